The molecule has 0 aliphatic heterocycles. The summed E-state index contributed by atoms with van der Waals surface area (Å²) in [7, 11) is 2.63. The summed E-state index contributed by atoms with van der Waals surface area (Å²) in [4.78, 5) is 27.7. The van der Waals surface area contributed by atoms with Crippen LogP contribution in [-0.4, -0.2) is 36.6 Å². The molecule has 3 rings (SSSR count). The van der Waals surface area contributed by atoms with Gasteiger partial charge in [-0.1, -0.05) is 40.6 Å². The van der Waals surface area contributed by atoms with E-state index in [4.69, 9.17) is 14.4 Å². The van der Waals surface area contributed by atoms with Crippen LogP contribution in [0.4, 0.5) is 4.39 Å². The number of benzene rings is 2. The molecule has 7 nitrogen and oxygen atoms in total. The van der Waals surface area contributed by atoms with Gasteiger partial charge in [0.2, 0.25) is 0 Å². The lowest BCUT2D eigenvalue weighted by Gasteiger charge is -2.12. The molecule has 1 aromatic heterocycles. The lowest BCUT2D eigenvalue weighted by molar-refractivity contribution is -0.132. The first-order valence-corrected chi connectivity index (χ1v) is 10.4. The third-order valence-electron chi connectivity index (χ3n) is 4.56. The number of nitrogens with zero attached hydrogens (tertiary/aromatic N) is 3. The fourth-order valence-corrected chi connectivity index (χ4v) is 3.80. The number of esters is 1. The van der Waals surface area contributed by atoms with E-state index in [2.05, 4.69) is 15.3 Å². The van der Waals surface area contributed by atoms with Crippen LogP contribution in [0.5, 0.6) is 0 Å². The van der Waals surface area contributed by atoms with Crippen LogP contribution < -0.4 is 0 Å². The molecule has 2 aromatic carbocycles. The number of hydrogen-bond acceptors (Lipinski definition) is 8. The molecular formula is C23H22FN3O4S. The zero-order valence-electron chi connectivity index (χ0n) is 18.1. The van der Waals surface area contributed by atoms with Crippen molar-refractivity contribution in [3.05, 3.63) is 76.2 Å². The Kier molecular flexibility index (Phi) is 7.67. The number of thiazole rings is 1. The summed E-state index contributed by atoms with van der Waals surface area (Å²) in [6, 6.07) is 11.8. The quantitative estimate of drug-likeness (QED) is 0.279. The fourth-order valence-electron chi connectivity index (χ4n) is 2.95. The van der Waals surface area contributed by atoms with Crippen molar-refractivity contribution in [3.8, 4) is 10.4 Å². The Labute approximate surface area is 189 Å². The zero-order chi connectivity index (χ0) is 23.1. The molecule has 166 valence electrons. The van der Waals surface area contributed by atoms with E-state index >= 15 is 0 Å². The zero-order valence-corrected chi connectivity index (χ0v) is 18.9. The summed E-state index contributed by atoms with van der Waals surface area (Å²) in [5.41, 5.74) is 3.52. The fraction of sp³-hybridized carbons (Fsp3) is 0.217. The minimum Gasteiger partial charge on any atom is -0.464 e. The van der Waals surface area contributed by atoms with E-state index < -0.39 is 5.97 Å². The van der Waals surface area contributed by atoms with Gasteiger partial charge in [0.1, 0.15) is 30.3 Å². The molecule has 0 atom stereocenters. The maximum atomic E-state index is 13.5. The summed E-state index contributed by atoms with van der Waals surface area (Å²) in [5, 5.41) is 8.64. The Morgan fingerprint density at radius 3 is 2.66 bits per heavy atom. The van der Waals surface area contributed by atoms with Crippen molar-refractivity contribution < 1.29 is 23.6 Å². The van der Waals surface area contributed by atoms with Crippen molar-refractivity contribution in [1.82, 2.24) is 4.98 Å². The molecule has 0 saturated carbocycles. The van der Waals surface area contributed by atoms with Crippen molar-refractivity contribution in [2.75, 3.05) is 14.2 Å². The number of hydrogen-bond donors (Lipinski definition) is 0. The number of ether oxygens (including phenoxy) is 1. The van der Waals surface area contributed by atoms with E-state index in [1.54, 1.807) is 31.3 Å². The van der Waals surface area contributed by atoms with Crippen LogP contribution >= 0.6 is 11.3 Å². The molecule has 0 aliphatic carbocycles. The normalized spacial score (nSPS) is 11.9. The molecule has 0 unspecified atom stereocenters. The number of oxime groups is 2. The van der Waals surface area contributed by atoms with Gasteiger partial charge in [-0.25, -0.2) is 14.2 Å². The summed E-state index contributed by atoms with van der Waals surface area (Å²) < 4.78 is 18.3. The van der Waals surface area contributed by atoms with E-state index in [0.29, 0.717) is 16.3 Å². The van der Waals surface area contributed by atoms with Gasteiger partial charge in [-0.05, 0) is 37.1 Å². The van der Waals surface area contributed by atoms with Gasteiger partial charge in [-0.3, -0.25) is 0 Å². The average Bonchev–Trinajstić information content (AvgIpc) is 3.28. The smallest absolute Gasteiger partial charge is 0.360 e. The Balaban J connectivity index is 1.79. The van der Waals surface area contributed by atoms with Gasteiger partial charge in [0.25, 0.3) is 0 Å². The molecule has 0 aliphatic rings. The van der Waals surface area contributed by atoms with Gasteiger partial charge >= 0.3 is 5.97 Å². The van der Waals surface area contributed by atoms with Crippen LogP contribution in [-0.2, 0) is 25.8 Å². The molecule has 0 spiro atoms. The van der Waals surface area contributed by atoms with Gasteiger partial charge < -0.3 is 14.4 Å². The molecule has 9 heteroatoms. The molecule has 32 heavy (non-hydrogen) atoms. The van der Waals surface area contributed by atoms with Crippen molar-refractivity contribution in [1.29, 1.82) is 0 Å². The lowest BCUT2D eigenvalue weighted by Crippen LogP contribution is -2.20. The highest BCUT2D eigenvalue weighted by Crippen LogP contribution is 2.27. The highest BCUT2D eigenvalue weighted by Gasteiger charge is 2.20. The SMILES string of the molecule is CO/N=C(/C(=O)OC)c1cccc(C)c1CO/N=C(\C)c1ncc(-c2cccc(F)c2)s1. The van der Waals surface area contributed by atoms with Gasteiger partial charge in [0.05, 0.1) is 12.0 Å². The molecule has 0 fully saturated rings. The Bertz CT molecular complexity index is 1170. The maximum Gasteiger partial charge on any atom is 0.360 e. The second-order valence-electron chi connectivity index (χ2n) is 6.71. The minimum absolute atomic E-state index is 0.0395. The summed E-state index contributed by atoms with van der Waals surface area (Å²) in [6.45, 7) is 3.77. The minimum atomic E-state index is -0.619. The third-order valence-corrected chi connectivity index (χ3v) is 5.72. The predicted molar refractivity (Wildman–Crippen MR) is 121 cm³/mol. The number of rotatable bonds is 8. The van der Waals surface area contributed by atoms with Crippen molar-refractivity contribution in [2.24, 2.45) is 10.3 Å². The second-order valence-corrected chi connectivity index (χ2v) is 7.74. The number of methoxy groups -OCH3 is 1. The summed E-state index contributed by atoms with van der Waals surface area (Å²) in [6.07, 6.45) is 1.68. The van der Waals surface area contributed by atoms with Crippen molar-refractivity contribution >= 4 is 28.7 Å². The van der Waals surface area contributed by atoms with E-state index in [1.807, 2.05) is 19.1 Å². The first-order valence-electron chi connectivity index (χ1n) is 9.61. The van der Waals surface area contributed by atoms with Gasteiger partial charge in [0.15, 0.2) is 5.71 Å². The molecule has 0 amide bonds. The molecular weight excluding hydrogens is 433 g/mol. The average molecular weight is 456 g/mol. The molecule has 3 aromatic rings. The molecule has 0 saturated heterocycles. The van der Waals surface area contributed by atoms with E-state index in [0.717, 1.165) is 21.6 Å². The monoisotopic (exact) mass is 455 g/mol. The predicted octanol–water partition coefficient (Wildman–Crippen LogP) is 4.72. The van der Waals surface area contributed by atoms with Gasteiger partial charge in [-0.15, -0.1) is 11.3 Å². The summed E-state index contributed by atoms with van der Waals surface area (Å²) in [5.74, 6) is -0.922. The number of halogens is 1. The molecule has 0 N–H and O–H groups in total. The highest BCUT2D eigenvalue weighted by molar-refractivity contribution is 7.17. The number of aromatic nitrogens is 1. The topological polar surface area (TPSA) is 82.4 Å². The molecule has 0 radical (unpaired) electrons. The Morgan fingerprint density at radius 2 is 1.94 bits per heavy atom. The van der Waals surface area contributed by atoms with Crippen LogP contribution in [0.1, 0.15) is 28.6 Å². The number of aryl methyl sites for hydroxylation is 1. The Hall–Kier alpha value is -3.59. The van der Waals surface area contributed by atoms with Crippen LogP contribution in [0.3, 0.4) is 0 Å². The first kappa shape index (κ1) is 23.1. The maximum absolute atomic E-state index is 13.5. The van der Waals surface area contributed by atoms with Crippen molar-refractivity contribution in [2.45, 2.75) is 20.5 Å². The van der Waals surface area contributed by atoms with E-state index in [9.17, 15) is 9.18 Å². The van der Waals surface area contributed by atoms with Crippen LogP contribution in [0.2, 0.25) is 0 Å². The third kappa shape index (κ3) is 5.36. The standard InChI is InChI=1S/C23H22FN3O4S/c1-14-7-5-10-18(21(27-30-4)23(28)29-3)19(14)13-31-26-15(2)22-25-12-20(32-22)16-8-6-9-17(24)11-16/h5-12H,13H2,1-4H3/b26-15+,27-21+. The molecule has 1 heterocycles. The van der Waals surface area contributed by atoms with Gasteiger partial charge in [0, 0.05) is 17.3 Å². The van der Waals surface area contributed by atoms with Crippen molar-refractivity contribution in [3.63, 3.8) is 0 Å². The highest BCUT2D eigenvalue weighted by atomic mass is 32.1. The second kappa shape index (κ2) is 10.6. The van der Waals surface area contributed by atoms with Crippen LogP contribution in [0.15, 0.2) is 59.0 Å². The lowest BCUT2D eigenvalue weighted by atomic mass is 9.99. The summed E-state index contributed by atoms with van der Waals surface area (Å²) >= 11 is 1.39. The number of carbonyl (C=O) groups excluding carboxylic acids is 1. The largest absolute Gasteiger partial charge is 0.464 e. The van der Waals surface area contributed by atoms with E-state index in [-0.39, 0.29) is 18.1 Å². The number of carbonyl (C=O) groups is 1. The molecule has 0 bridgehead atoms. The van der Waals surface area contributed by atoms with Gasteiger partial charge in [-0.2, -0.15) is 0 Å². The van der Waals surface area contributed by atoms with E-state index in [1.165, 1.54) is 37.7 Å². The van der Waals surface area contributed by atoms with Crippen LogP contribution in [0, 0.1) is 12.7 Å². The first-order chi connectivity index (χ1) is 15.4. The Morgan fingerprint density at radius 1 is 1.16 bits per heavy atom. The van der Waals surface area contributed by atoms with Crippen LogP contribution in [0.25, 0.3) is 10.4 Å².